The molecule has 3 heterocycles. The number of thioether (sulfide) groups is 1. The van der Waals surface area contributed by atoms with Gasteiger partial charge in [0.05, 0.1) is 28.8 Å². The number of hydrogen-bond donors (Lipinski definition) is 1. The number of nitrogens with zero attached hydrogens (tertiary/aromatic N) is 2. The summed E-state index contributed by atoms with van der Waals surface area (Å²) < 4.78 is 7.19. The van der Waals surface area contributed by atoms with Crippen LogP contribution in [0.4, 0.5) is 11.4 Å². The molecule has 4 aromatic rings. The first-order chi connectivity index (χ1) is 21.2. The van der Waals surface area contributed by atoms with Crippen molar-refractivity contribution in [3.05, 3.63) is 108 Å². The summed E-state index contributed by atoms with van der Waals surface area (Å²) in [4.78, 5) is 67.6. The lowest BCUT2D eigenvalue weighted by molar-refractivity contribution is -0.122. The van der Waals surface area contributed by atoms with Crippen LogP contribution in [0.2, 0.25) is 5.02 Å². The van der Waals surface area contributed by atoms with E-state index in [4.69, 9.17) is 16.3 Å². The quantitative estimate of drug-likeness (QED) is 0.187. The molecule has 3 aromatic carbocycles. The number of rotatable bonds is 7. The molecule has 0 aliphatic carbocycles. The molecule has 0 bridgehead atoms. The minimum atomic E-state index is -0.807. The van der Waals surface area contributed by atoms with Gasteiger partial charge < -0.3 is 10.1 Å². The van der Waals surface area contributed by atoms with Crippen LogP contribution in [0, 0.1) is 5.92 Å². The first-order valence-corrected chi connectivity index (χ1v) is 16.4. The standard InChI is InChI=1S/C31H23BrClN3O6S2/c1-2-42-30(40)17-5-11-20(12-6-17)34-22(37)15-35-29-26(44-31(35)41)23(16-3-7-18(32)8-4-16)24-25(43-29)28(39)36(27(24)38)21-13-9-19(33)10-14-21/h3-14,23-25H,2,15H2,1H3,(H,34,37)/t23-,24?,25?/m1/s1. The second-order valence-electron chi connectivity index (χ2n) is 10.1. The number of carbonyl (C=O) groups is 4. The minimum absolute atomic E-state index is 0.248. The van der Waals surface area contributed by atoms with Gasteiger partial charge in [-0.1, -0.05) is 62.8 Å². The monoisotopic (exact) mass is 711 g/mol. The molecule has 44 heavy (non-hydrogen) atoms. The van der Waals surface area contributed by atoms with Crippen molar-refractivity contribution in [1.82, 2.24) is 4.57 Å². The van der Waals surface area contributed by atoms with Gasteiger partial charge in [0.25, 0.3) is 0 Å². The highest BCUT2D eigenvalue weighted by Crippen LogP contribution is 2.54. The van der Waals surface area contributed by atoms with Crippen molar-refractivity contribution in [1.29, 1.82) is 0 Å². The lowest BCUT2D eigenvalue weighted by Gasteiger charge is -2.30. The van der Waals surface area contributed by atoms with Crippen molar-refractivity contribution in [3.63, 3.8) is 0 Å². The predicted octanol–water partition coefficient (Wildman–Crippen LogP) is 5.94. The number of fused-ring (bicyclic) bond motifs is 2. The third-order valence-corrected chi connectivity index (χ3v) is 10.7. The summed E-state index contributed by atoms with van der Waals surface area (Å²) in [6, 6.07) is 20.2. The van der Waals surface area contributed by atoms with Crippen LogP contribution in [0.25, 0.3) is 0 Å². The Morgan fingerprint density at radius 3 is 2.30 bits per heavy atom. The molecule has 9 nitrogen and oxygen atoms in total. The van der Waals surface area contributed by atoms with Gasteiger partial charge in [-0.2, -0.15) is 0 Å². The van der Waals surface area contributed by atoms with E-state index in [1.807, 2.05) is 24.3 Å². The Morgan fingerprint density at radius 2 is 1.64 bits per heavy atom. The predicted molar refractivity (Wildman–Crippen MR) is 173 cm³/mol. The molecule has 0 radical (unpaired) electrons. The van der Waals surface area contributed by atoms with E-state index < -0.39 is 34.9 Å². The van der Waals surface area contributed by atoms with Crippen LogP contribution in [0.15, 0.2) is 87.1 Å². The summed E-state index contributed by atoms with van der Waals surface area (Å²) in [5.41, 5.74) is 1.99. The summed E-state index contributed by atoms with van der Waals surface area (Å²) in [5.74, 6) is -3.00. The third-order valence-electron chi connectivity index (χ3n) is 7.34. The molecule has 2 aliphatic heterocycles. The number of esters is 1. The molecule has 1 fully saturated rings. The zero-order valence-corrected chi connectivity index (χ0v) is 27.0. The van der Waals surface area contributed by atoms with Gasteiger partial charge in [-0.05, 0) is 73.2 Å². The first kappa shape index (κ1) is 30.3. The number of aromatic nitrogens is 1. The Labute approximate surface area is 273 Å². The highest BCUT2D eigenvalue weighted by atomic mass is 79.9. The fourth-order valence-corrected chi connectivity index (χ4v) is 8.54. The summed E-state index contributed by atoms with van der Waals surface area (Å²) in [6.45, 7) is 1.66. The number of anilines is 2. The Morgan fingerprint density at radius 1 is 0.955 bits per heavy atom. The number of benzene rings is 3. The van der Waals surface area contributed by atoms with Gasteiger partial charge in [0.2, 0.25) is 17.7 Å². The van der Waals surface area contributed by atoms with Crippen LogP contribution in [0.5, 0.6) is 0 Å². The second-order valence-corrected chi connectivity index (χ2v) is 13.5. The van der Waals surface area contributed by atoms with Crippen molar-refractivity contribution in [2.24, 2.45) is 5.92 Å². The van der Waals surface area contributed by atoms with E-state index in [1.165, 1.54) is 9.47 Å². The molecular formula is C31H23BrClN3O6S2. The van der Waals surface area contributed by atoms with E-state index in [9.17, 15) is 24.0 Å². The zero-order chi connectivity index (χ0) is 31.1. The molecule has 1 N–H and O–H groups in total. The Hall–Kier alpha value is -3.71. The third kappa shape index (κ3) is 5.63. The SMILES string of the molecule is CCOC(=O)c1ccc(NC(=O)Cn2c3c(sc2=O)[C@H](c2ccc(Br)cc2)C2C(=O)N(c4ccc(Cl)cc4)C(=O)C2S3)cc1. The summed E-state index contributed by atoms with van der Waals surface area (Å²) in [7, 11) is 0. The number of imide groups is 1. The number of thiazole rings is 1. The normalized spacial score (nSPS) is 19.0. The number of halogens is 2. The van der Waals surface area contributed by atoms with Gasteiger partial charge in [0.15, 0.2) is 0 Å². The molecule has 2 unspecified atom stereocenters. The minimum Gasteiger partial charge on any atom is -0.462 e. The van der Waals surface area contributed by atoms with Gasteiger partial charge in [-0.25, -0.2) is 9.69 Å². The van der Waals surface area contributed by atoms with Gasteiger partial charge >= 0.3 is 10.8 Å². The van der Waals surface area contributed by atoms with E-state index in [1.54, 1.807) is 55.5 Å². The highest BCUT2D eigenvalue weighted by Gasteiger charge is 2.56. The smallest absolute Gasteiger partial charge is 0.338 e. The van der Waals surface area contributed by atoms with E-state index in [-0.39, 0.29) is 23.9 Å². The zero-order valence-electron chi connectivity index (χ0n) is 23.0. The van der Waals surface area contributed by atoms with Crippen LogP contribution in [-0.2, 0) is 25.7 Å². The Kier molecular flexibility index (Phi) is 8.51. The van der Waals surface area contributed by atoms with Crippen LogP contribution < -0.4 is 15.1 Å². The Balaban J connectivity index is 1.33. The van der Waals surface area contributed by atoms with E-state index in [2.05, 4.69) is 21.2 Å². The van der Waals surface area contributed by atoms with Gasteiger partial charge in [0.1, 0.15) is 11.8 Å². The summed E-state index contributed by atoms with van der Waals surface area (Å²) in [6.07, 6.45) is 0. The van der Waals surface area contributed by atoms with Crippen LogP contribution >= 0.6 is 50.6 Å². The number of hydrogen-bond acceptors (Lipinski definition) is 8. The maximum absolute atomic E-state index is 13.9. The molecule has 3 atom stereocenters. The number of ether oxygens (including phenoxy) is 1. The molecule has 13 heteroatoms. The van der Waals surface area contributed by atoms with Crippen molar-refractivity contribution >= 4 is 85.7 Å². The lowest BCUT2D eigenvalue weighted by Crippen LogP contribution is -2.33. The lowest BCUT2D eigenvalue weighted by atomic mass is 9.83. The summed E-state index contributed by atoms with van der Waals surface area (Å²) >= 11 is 11.6. The van der Waals surface area contributed by atoms with Gasteiger partial charge in [-0.3, -0.25) is 23.7 Å². The van der Waals surface area contributed by atoms with Crippen molar-refractivity contribution < 1.29 is 23.9 Å². The number of carbonyl (C=O) groups excluding carboxylic acids is 4. The molecule has 6 rings (SSSR count). The van der Waals surface area contributed by atoms with Gasteiger partial charge in [-0.15, -0.1) is 0 Å². The van der Waals surface area contributed by atoms with Crippen LogP contribution in [-0.4, -0.2) is 40.1 Å². The summed E-state index contributed by atoms with van der Waals surface area (Å²) in [5, 5.41) is 2.91. The average Bonchev–Trinajstić information content (AvgIpc) is 3.45. The second kappa shape index (κ2) is 12.4. The molecule has 2 aliphatic rings. The molecule has 0 spiro atoms. The fourth-order valence-electron chi connectivity index (χ4n) is 5.38. The number of amides is 3. The molecule has 1 saturated heterocycles. The molecule has 3 amide bonds. The molecule has 224 valence electrons. The van der Waals surface area contributed by atoms with Gasteiger partial charge in [0, 0.05) is 26.0 Å². The van der Waals surface area contributed by atoms with Crippen LogP contribution in [0.1, 0.15) is 33.6 Å². The molecule has 1 aromatic heterocycles. The maximum Gasteiger partial charge on any atom is 0.338 e. The van der Waals surface area contributed by atoms with E-state index in [0.717, 1.165) is 33.1 Å². The van der Waals surface area contributed by atoms with E-state index >= 15 is 0 Å². The molecular weight excluding hydrogens is 690 g/mol. The fraction of sp³-hybridized carbons (Fsp3) is 0.194. The maximum atomic E-state index is 13.9. The van der Waals surface area contributed by atoms with E-state index in [0.29, 0.717) is 31.9 Å². The van der Waals surface area contributed by atoms with Crippen LogP contribution in [0.3, 0.4) is 0 Å². The molecule has 0 saturated carbocycles. The average molecular weight is 713 g/mol. The largest absolute Gasteiger partial charge is 0.462 e. The highest BCUT2D eigenvalue weighted by molar-refractivity contribution is 9.10. The topological polar surface area (TPSA) is 115 Å². The first-order valence-electron chi connectivity index (χ1n) is 13.5. The Bertz CT molecular complexity index is 1840. The number of nitrogens with one attached hydrogen (secondary N) is 1. The van der Waals surface area contributed by atoms with Crippen molar-refractivity contribution in [3.8, 4) is 0 Å². The van der Waals surface area contributed by atoms with Crippen molar-refractivity contribution in [2.75, 3.05) is 16.8 Å². The van der Waals surface area contributed by atoms with Crippen molar-refractivity contribution in [2.45, 2.75) is 29.7 Å².